The number of epoxide rings is 2. The summed E-state index contributed by atoms with van der Waals surface area (Å²) in [6, 6.07) is 10.7. The Morgan fingerprint density at radius 3 is 1.17 bits per heavy atom. The molecule has 2 fully saturated rings. The van der Waals surface area contributed by atoms with Gasteiger partial charge in [-0.1, -0.05) is 224 Å². The normalized spacial score (nSPS) is 15.1. The molecule has 0 spiro atoms. The summed E-state index contributed by atoms with van der Waals surface area (Å²) in [5.74, 6) is -1.42. The minimum Gasteiger partial charge on any atom is -0.858 e. The largest absolute Gasteiger partial charge is 1.00 e. The maximum Gasteiger partial charge on any atom is 1.00 e. The monoisotopic (exact) mass is 1830 g/mol. The molecule has 696 valence electrons. The van der Waals surface area contributed by atoms with Gasteiger partial charge in [-0.2, -0.15) is 39.2 Å². The number of nitrogens with zero attached hydrogens (tertiary/aromatic N) is 2. The number of carbonyl (C=O) groups is 5. The van der Waals surface area contributed by atoms with E-state index < -0.39 is 51.9 Å². The van der Waals surface area contributed by atoms with Crippen molar-refractivity contribution in [3.63, 3.8) is 0 Å². The van der Waals surface area contributed by atoms with Crippen LogP contribution in [0.4, 0.5) is 26.3 Å². The number of unbranched alkanes of at least 4 members (excludes halogenated alkanes) is 12. The molecule has 2 aromatic rings. The zero-order chi connectivity index (χ0) is 91.1. The van der Waals surface area contributed by atoms with E-state index in [1.54, 1.807) is 12.1 Å². The average molecular weight is 1840 g/mol. The van der Waals surface area contributed by atoms with Crippen LogP contribution in [-0.2, 0) is 106 Å². The van der Waals surface area contributed by atoms with Crippen LogP contribution in [-0.4, -0.2) is 183 Å². The molecule has 2 saturated heterocycles. The van der Waals surface area contributed by atoms with Gasteiger partial charge in [0.2, 0.25) is 0 Å². The van der Waals surface area contributed by atoms with E-state index in [1.165, 1.54) is 101 Å². The third-order valence-corrected chi connectivity index (χ3v) is 23.0. The Balaban J connectivity index is -0.000000435. The molecule has 2 aliphatic rings. The second-order valence-electron chi connectivity index (χ2n) is 29.6. The molecule has 2 aliphatic heterocycles. The van der Waals surface area contributed by atoms with Crippen LogP contribution in [0, 0.1) is 29.1 Å². The summed E-state index contributed by atoms with van der Waals surface area (Å²) in [6.07, 6.45) is 25.8. The molecule has 25 nitrogen and oxygen atoms in total. The van der Waals surface area contributed by atoms with E-state index in [0.29, 0.717) is 92.0 Å². The number of rotatable bonds is 54. The number of benzene rings is 2. The van der Waals surface area contributed by atoms with Crippen LogP contribution in [0.1, 0.15) is 301 Å². The molecule has 121 heavy (non-hydrogen) atoms. The first-order valence-corrected chi connectivity index (χ1v) is 46.8. The Bertz CT molecular complexity index is 3320. The van der Waals surface area contributed by atoms with E-state index in [-0.39, 0.29) is 163 Å². The van der Waals surface area contributed by atoms with Gasteiger partial charge in [0.15, 0.2) is 10.0 Å². The first kappa shape index (κ1) is 127. The Morgan fingerprint density at radius 2 is 0.826 bits per heavy atom. The van der Waals surface area contributed by atoms with E-state index in [4.69, 9.17) is 52.1 Å². The summed E-state index contributed by atoms with van der Waals surface area (Å²) < 4.78 is 200. The molecule has 2 heterocycles. The second kappa shape index (κ2) is 73.9. The van der Waals surface area contributed by atoms with E-state index in [0.717, 1.165) is 107 Å². The number of carbonyl (C=O) groups excluding carboxylic acids is 5. The third kappa shape index (κ3) is 64.4. The molecule has 0 saturated carbocycles. The molecule has 4 rings (SSSR count). The zero-order valence-electron chi connectivity index (χ0n) is 76.4. The quantitative estimate of drug-likeness (QED) is 0.00867. The number of halogens is 6. The molecule has 8 unspecified atom stereocenters. The average Bonchev–Trinajstić information content (AvgIpc) is 1.77. The van der Waals surface area contributed by atoms with Gasteiger partial charge in [-0.05, 0) is 126 Å². The van der Waals surface area contributed by atoms with Crippen molar-refractivity contribution in [2.45, 2.75) is 312 Å². The zero-order valence-corrected chi connectivity index (χ0v) is 84.0. The molecular formula is C85H146F6KN2NaO23S3. The SMILES string of the molecule is CCC(C)(C)C(=O)OCC1CO1.CCC(C)C(=O)OCCOCCOCC1CO1.CCC(C)c1ccc(C([O-])=NS(=O)(=O)C(F)(F)F)cc1.CCCC(CC)c1ccc(S(=O)(=O)[N-]S(=O)(=O)C(F)(F)F)cc1.CCCCCCCCCOC(=O)C(C)CC.CCCCCCCCCOC(=O)C(C)CC.CCOCCOCCOC(=O)C(C)CC.[K+].[Na+]. The van der Waals surface area contributed by atoms with E-state index >= 15 is 0 Å². The van der Waals surface area contributed by atoms with Crippen LogP contribution < -0.4 is 86.0 Å². The molecule has 0 aromatic heterocycles. The number of hydrogen-bond donors (Lipinski definition) is 0. The minimum atomic E-state index is -6.11. The van der Waals surface area contributed by atoms with Crippen molar-refractivity contribution < 1.29 is 214 Å². The van der Waals surface area contributed by atoms with Crippen molar-refractivity contribution in [3.8, 4) is 0 Å². The summed E-state index contributed by atoms with van der Waals surface area (Å²) in [4.78, 5) is 55.9. The summed E-state index contributed by atoms with van der Waals surface area (Å²) in [5, 5.41) is 11.4. The van der Waals surface area contributed by atoms with Crippen LogP contribution in [0.25, 0.3) is 4.13 Å². The van der Waals surface area contributed by atoms with E-state index in [1.807, 2.05) is 115 Å². The predicted molar refractivity (Wildman–Crippen MR) is 448 cm³/mol. The fraction of sp³-hybridized carbons (Fsp3) is 0.788. The topological polar surface area (TPSA) is 345 Å². The Hall–Kier alpha value is -2.95. The number of ether oxygens (including phenoxy) is 11. The van der Waals surface area contributed by atoms with Crippen LogP contribution in [0.3, 0.4) is 0 Å². The van der Waals surface area contributed by atoms with Crippen molar-refractivity contribution >= 4 is 65.8 Å². The molecule has 0 aliphatic carbocycles. The Morgan fingerprint density at radius 1 is 0.463 bits per heavy atom. The summed E-state index contributed by atoms with van der Waals surface area (Å²) in [7, 11) is -16.9. The molecule has 0 radical (unpaired) electrons. The predicted octanol–water partition coefficient (Wildman–Crippen LogP) is 12.7. The van der Waals surface area contributed by atoms with Gasteiger partial charge in [-0.3, -0.25) is 24.0 Å². The first-order chi connectivity index (χ1) is 56.0. The summed E-state index contributed by atoms with van der Waals surface area (Å²) >= 11 is 0. The number of sulfonamides is 3. The van der Waals surface area contributed by atoms with Gasteiger partial charge in [0.05, 0.1) is 102 Å². The van der Waals surface area contributed by atoms with Crippen LogP contribution >= 0.6 is 0 Å². The molecular weight excluding hydrogens is 1690 g/mol. The number of hydrogen-bond acceptors (Lipinski definition) is 23. The van der Waals surface area contributed by atoms with Gasteiger partial charge in [-0.15, -0.1) is 0 Å². The maximum atomic E-state index is 12.2. The molecule has 0 N–H and O–H groups in total. The van der Waals surface area contributed by atoms with Gasteiger partial charge in [0.25, 0.3) is 0 Å². The molecule has 36 heteroatoms. The van der Waals surface area contributed by atoms with Crippen molar-refractivity contribution in [2.75, 3.05) is 99.1 Å². The van der Waals surface area contributed by atoms with E-state index in [9.17, 15) is 80.7 Å². The van der Waals surface area contributed by atoms with Gasteiger partial charge in [-0.25, -0.2) is 16.8 Å². The molecule has 0 bridgehead atoms. The Labute approximate surface area is 786 Å². The first-order valence-electron chi connectivity index (χ1n) is 42.4. The molecule has 2 aromatic carbocycles. The van der Waals surface area contributed by atoms with Crippen LogP contribution in [0.2, 0.25) is 0 Å². The number of esters is 5. The van der Waals surface area contributed by atoms with Gasteiger partial charge < -0.3 is 61.3 Å². The minimum absolute atomic E-state index is 0. The summed E-state index contributed by atoms with van der Waals surface area (Å²) in [6.45, 7) is 43.8. The smallest absolute Gasteiger partial charge is 0.858 e. The fourth-order valence-electron chi connectivity index (χ4n) is 9.22. The molecule has 8 atom stereocenters. The second-order valence-corrected chi connectivity index (χ2v) is 34.6. The summed E-state index contributed by atoms with van der Waals surface area (Å²) in [5.41, 5.74) is -10.1. The number of alkyl halides is 6. The van der Waals surface area contributed by atoms with Crippen molar-refractivity contribution in [1.29, 1.82) is 0 Å². The maximum absolute atomic E-state index is 12.2. The fourth-order valence-corrected chi connectivity index (χ4v) is 11.8. The third-order valence-electron chi connectivity index (χ3n) is 19.0. The van der Waals surface area contributed by atoms with Gasteiger partial charge in [0.1, 0.15) is 42.1 Å². The van der Waals surface area contributed by atoms with Crippen molar-refractivity contribution in [1.82, 2.24) is 0 Å². The van der Waals surface area contributed by atoms with Crippen LogP contribution in [0.15, 0.2) is 57.8 Å². The molecule has 0 amide bonds. The van der Waals surface area contributed by atoms with Gasteiger partial charge in [0, 0.05) is 17.4 Å². The van der Waals surface area contributed by atoms with Crippen LogP contribution in [0.5, 0.6) is 0 Å². The van der Waals surface area contributed by atoms with Gasteiger partial charge >= 0.3 is 132 Å². The van der Waals surface area contributed by atoms with Crippen molar-refractivity contribution in [2.24, 2.45) is 33.5 Å². The Kier molecular flexibility index (Phi) is 77.3. The standard InChI is InChI=1S/2C14H28O2.C13H17F3NO4S2.C12H14F3NO3S.C12H22O5.C11H22O4.C9H16O3.K.Na/c2*1-4-6-7-8-9-10-11-12-16-14(15)13(3)5-2;1-3-5-10(4-2)11-6-8-12(9-7-11)22(18,19)17-23(20,21)13(14,15)16;1-3-8(2)9-4-6-10(7-5-9)11(17)16-20(18,19)12(13,14)15;1-3-10(2)12(13)16-7-6-14-4-5-15-8-11-9-17-11;1-4-10(3)11(12)15-9-8-14-7-6-13-5-2;1-4-9(2,3)8(10)12-6-7-5-11-7;;/h2*13H,4-12H2,1-3H3;6-10H,3-5H2,1-2H3;4-8H,3H2,1-2H3,(H,16,17);10-11H,3-9H2,1-2H3;10H,4-9H2,1-3H3;7H,4-6H2,1-3H3;;/q;;-1;;;;;2*+1/p-1. The van der Waals surface area contributed by atoms with Crippen molar-refractivity contribution in [3.05, 3.63) is 69.3 Å². The van der Waals surface area contributed by atoms with E-state index in [2.05, 4.69) is 18.2 Å².